The molecule has 0 spiro atoms. The zero-order chi connectivity index (χ0) is 14.7. The monoisotopic (exact) mass is 275 g/mol. The molecule has 0 saturated carbocycles. The Morgan fingerprint density at radius 1 is 1.11 bits per heavy atom. The summed E-state index contributed by atoms with van der Waals surface area (Å²) in [5.41, 5.74) is 0. The fraction of sp³-hybridized carbons (Fsp3) is 0.846. The van der Waals surface area contributed by atoms with Gasteiger partial charge in [0.15, 0.2) is 0 Å². The van der Waals surface area contributed by atoms with Crippen molar-refractivity contribution in [2.75, 3.05) is 41.0 Å². The maximum atomic E-state index is 12.0. The molecule has 6 heteroatoms. The van der Waals surface area contributed by atoms with Gasteiger partial charge in [0.05, 0.1) is 26.2 Å². The summed E-state index contributed by atoms with van der Waals surface area (Å²) in [7, 11) is 4.54. The molecule has 0 fully saturated rings. The van der Waals surface area contributed by atoms with E-state index in [9.17, 15) is 9.59 Å². The first-order chi connectivity index (χ1) is 9.04. The van der Waals surface area contributed by atoms with Crippen LogP contribution >= 0.6 is 0 Å². The average molecular weight is 275 g/mol. The van der Waals surface area contributed by atoms with Crippen molar-refractivity contribution in [3.8, 4) is 0 Å². The zero-order valence-corrected chi connectivity index (χ0v) is 12.3. The molecule has 0 N–H and O–H groups in total. The molecule has 6 nitrogen and oxygen atoms in total. The highest BCUT2D eigenvalue weighted by molar-refractivity contribution is 5.77. The highest BCUT2D eigenvalue weighted by Crippen LogP contribution is 2.05. The van der Waals surface area contributed by atoms with Gasteiger partial charge >= 0.3 is 5.97 Å². The lowest BCUT2D eigenvalue weighted by Crippen LogP contribution is -2.36. The van der Waals surface area contributed by atoms with Gasteiger partial charge < -0.3 is 19.1 Å². The molecule has 1 amide bonds. The fourth-order valence-corrected chi connectivity index (χ4v) is 1.49. The molecule has 0 aliphatic heterocycles. The molecule has 19 heavy (non-hydrogen) atoms. The second-order valence-corrected chi connectivity index (χ2v) is 4.28. The van der Waals surface area contributed by atoms with E-state index < -0.39 is 0 Å². The van der Waals surface area contributed by atoms with Crippen molar-refractivity contribution in [2.24, 2.45) is 0 Å². The number of amides is 1. The molecule has 0 radical (unpaired) electrons. The van der Waals surface area contributed by atoms with E-state index in [1.54, 1.807) is 19.1 Å². The molecule has 0 aromatic carbocycles. The summed E-state index contributed by atoms with van der Waals surface area (Å²) in [5.74, 6) is -0.315. The molecule has 0 saturated heterocycles. The molecule has 112 valence electrons. The Balaban J connectivity index is 4.22. The highest BCUT2D eigenvalue weighted by atomic mass is 16.5. The van der Waals surface area contributed by atoms with Gasteiger partial charge in [-0.1, -0.05) is 0 Å². The Kier molecular flexibility index (Phi) is 10.1. The molecule has 1 unspecified atom stereocenters. The standard InChI is InChI=1S/C13H25NO5/c1-11(18-3)5-6-12(15)14(9-10-17-2)8-7-13(16)19-4/h11H,5-10H2,1-4H3. The molecule has 1 atom stereocenters. The summed E-state index contributed by atoms with van der Waals surface area (Å²) in [4.78, 5) is 24.8. The van der Waals surface area contributed by atoms with Crippen molar-refractivity contribution < 1.29 is 23.8 Å². The van der Waals surface area contributed by atoms with Crippen LogP contribution in [0.15, 0.2) is 0 Å². The van der Waals surface area contributed by atoms with Crippen LogP contribution in [0, 0.1) is 0 Å². The number of carbonyl (C=O) groups excluding carboxylic acids is 2. The van der Waals surface area contributed by atoms with E-state index in [1.807, 2.05) is 6.92 Å². The summed E-state index contributed by atoms with van der Waals surface area (Å²) in [6.07, 6.45) is 1.32. The third-order valence-corrected chi connectivity index (χ3v) is 2.90. The molecule has 0 rings (SSSR count). The summed E-state index contributed by atoms with van der Waals surface area (Å²) < 4.78 is 14.6. The van der Waals surface area contributed by atoms with Gasteiger partial charge in [0.1, 0.15) is 0 Å². The quantitative estimate of drug-likeness (QED) is 0.553. The van der Waals surface area contributed by atoms with Crippen molar-refractivity contribution in [1.29, 1.82) is 0 Å². The summed E-state index contributed by atoms with van der Waals surface area (Å²) >= 11 is 0. The Hall–Kier alpha value is -1.14. The maximum Gasteiger partial charge on any atom is 0.307 e. The van der Waals surface area contributed by atoms with Gasteiger partial charge in [0.2, 0.25) is 5.91 Å². The molecule has 0 aliphatic carbocycles. The number of hydrogen-bond donors (Lipinski definition) is 0. The molecule has 0 aliphatic rings. The highest BCUT2D eigenvalue weighted by Gasteiger charge is 2.16. The number of rotatable bonds is 10. The van der Waals surface area contributed by atoms with Crippen LogP contribution in [0.25, 0.3) is 0 Å². The maximum absolute atomic E-state index is 12.0. The second-order valence-electron chi connectivity index (χ2n) is 4.28. The van der Waals surface area contributed by atoms with Crippen molar-refractivity contribution in [2.45, 2.75) is 32.3 Å². The summed E-state index contributed by atoms with van der Waals surface area (Å²) in [6, 6.07) is 0. The number of nitrogens with zero attached hydrogens (tertiary/aromatic N) is 1. The predicted octanol–water partition coefficient (Wildman–Crippen LogP) is 0.840. The van der Waals surface area contributed by atoms with Crippen LogP contribution in [-0.2, 0) is 23.8 Å². The van der Waals surface area contributed by atoms with E-state index >= 15 is 0 Å². The molecule has 0 heterocycles. The van der Waals surface area contributed by atoms with Crippen LogP contribution < -0.4 is 0 Å². The van der Waals surface area contributed by atoms with E-state index in [1.165, 1.54) is 7.11 Å². The van der Waals surface area contributed by atoms with Gasteiger partial charge in [-0.05, 0) is 13.3 Å². The second kappa shape index (κ2) is 10.8. The van der Waals surface area contributed by atoms with E-state index in [4.69, 9.17) is 9.47 Å². The molecule has 0 bridgehead atoms. The largest absolute Gasteiger partial charge is 0.469 e. The smallest absolute Gasteiger partial charge is 0.307 e. The Labute approximate surface area is 115 Å². The predicted molar refractivity (Wildman–Crippen MR) is 70.8 cm³/mol. The molecule has 0 aromatic heterocycles. The lowest BCUT2D eigenvalue weighted by molar-refractivity contribution is -0.142. The van der Waals surface area contributed by atoms with Crippen LogP contribution in [0.5, 0.6) is 0 Å². The lowest BCUT2D eigenvalue weighted by atomic mass is 10.2. The number of carbonyl (C=O) groups is 2. The minimum absolute atomic E-state index is 0.00449. The molecule has 0 aromatic rings. The summed E-state index contributed by atoms with van der Waals surface area (Å²) in [5, 5.41) is 0. The topological polar surface area (TPSA) is 65.1 Å². The minimum Gasteiger partial charge on any atom is -0.469 e. The van der Waals surface area contributed by atoms with Gasteiger partial charge in [0.25, 0.3) is 0 Å². The van der Waals surface area contributed by atoms with E-state index in [0.29, 0.717) is 32.5 Å². The first-order valence-electron chi connectivity index (χ1n) is 6.41. The Bertz CT molecular complexity index is 270. The van der Waals surface area contributed by atoms with Crippen LogP contribution in [0.4, 0.5) is 0 Å². The Morgan fingerprint density at radius 3 is 2.32 bits per heavy atom. The first-order valence-corrected chi connectivity index (χ1v) is 6.41. The molecular formula is C13H25NO5. The van der Waals surface area contributed by atoms with Gasteiger partial charge in [-0.15, -0.1) is 0 Å². The fourth-order valence-electron chi connectivity index (χ4n) is 1.49. The number of hydrogen-bond acceptors (Lipinski definition) is 5. The van der Waals surface area contributed by atoms with Crippen molar-refractivity contribution in [3.63, 3.8) is 0 Å². The third kappa shape index (κ3) is 8.56. The molecular weight excluding hydrogens is 250 g/mol. The SMILES string of the molecule is COCCN(CCC(=O)OC)C(=O)CCC(C)OC. The third-order valence-electron chi connectivity index (χ3n) is 2.90. The zero-order valence-electron chi connectivity index (χ0n) is 12.3. The van der Waals surface area contributed by atoms with E-state index in [-0.39, 0.29) is 24.4 Å². The van der Waals surface area contributed by atoms with E-state index in [2.05, 4.69) is 4.74 Å². The first kappa shape index (κ1) is 17.9. The van der Waals surface area contributed by atoms with Gasteiger partial charge in [-0.3, -0.25) is 9.59 Å². The van der Waals surface area contributed by atoms with Crippen LogP contribution in [0.1, 0.15) is 26.2 Å². The van der Waals surface area contributed by atoms with Crippen molar-refractivity contribution >= 4 is 11.9 Å². The summed E-state index contributed by atoms with van der Waals surface area (Å²) in [6.45, 7) is 3.21. The van der Waals surface area contributed by atoms with Crippen LogP contribution in [-0.4, -0.2) is 63.9 Å². The van der Waals surface area contributed by atoms with Gasteiger partial charge in [0, 0.05) is 33.7 Å². The number of methoxy groups -OCH3 is 3. The lowest BCUT2D eigenvalue weighted by Gasteiger charge is -2.22. The minimum atomic E-state index is -0.319. The van der Waals surface area contributed by atoms with Crippen LogP contribution in [0.3, 0.4) is 0 Å². The average Bonchev–Trinajstić information content (AvgIpc) is 2.43. The number of esters is 1. The number of ether oxygens (including phenoxy) is 3. The van der Waals surface area contributed by atoms with E-state index in [0.717, 1.165) is 0 Å². The van der Waals surface area contributed by atoms with Gasteiger partial charge in [-0.2, -0.15) is 0 Å². The van der Waals surface area contributed by atoms with Crippen molar-refractivity contribution in [3.05, 3.63) is 0 Å². The normalized spacial score (nSPS) is 12.0. The van der Waals surface area contributed by atoms with Crippen LogP contribution in [0.2, 0.25) is 0 Å². The Morgan fingerprint density at radius 2 is 1.79 bits per heavy atom. The van der Waals surface area contributed by atoms with Gasteiger partial charge in [-0.25, -0.2) is 0 Å². The van der Waals surface area contributed by atoms with Crippen molar-refractivity contribution in [1.82, 2.24) is 4.90 Å².